The molecule has 92 valence electrons. The second-order valence-electron chi connectivity index (χ2n) is 4.24. The van der Waals surface area contributed by atoms with Crippen LogP contribution < -0.4 is 0 Å². The monoisotopic (exact) mass is 233 g/mol. The first-order valence-electron chi connectivity index (χ1n) is 4.67. The van der Waals surface area contributed by atoms with Crippen molar-refractivity contribution in [2.75, 3.05) is 6.61 Å². The molecule has 0 rings (SSSR count). The summed E-state index contributed by atoms with van der Waals surface area (Å²) in [4.78, 5) is 32.5. The maximum Gasteiger partial charge on any atom is 0.414 e. The second-order valence-corrected chi connectivity index (χ2v) is 4.24. The molecule has 0 aliphatic heterocycles. The average Bonchev–Trinajstić information content (AvgIpc) is 2.00. The molecule has 0 spiro atoms. The molecule has 7 heteroatoms. The Hall–Kier alpha value is -1.66. The van der Waals surface area contributed by atoms with Crippen molar-refractivity contribution in [1.29, 1.82) is 0 Å². The zero-order chi connectivity index (χ0) is 13.1. The molecular formula is C9H15NO6. The van der Waals surface area contributed by atoms with Gasteiger partial charge in [0.1, 0.15) is 0 Å². The number of nitro groups is 1. The lowest BCUT2D eigenvalue weighted by molar-refractivity contribution is -0.559. The van der Waals surface area contributed by atoms with Crippen LogP contribution in [-0.2, 0) is 14.3 Å². The van der Waals surface area contributed by atoms with E-state index in [4.69, 9.17) is 5.11 Å². The van der Waals surface area contributed by atoms with E-state index >= 15 is 0 Å². The van der Waals surface area contributed by atoms with Crippen molar-refractivity contribution in [3.63, 3.8) is 0 Å². The number of rotatable bonds is 4. The zero-order valence-electron chi connectivity index (χ0n) is 9.64. The minimum Gasteiger partial charge on any atom is -0.475 e. The lowest BCUT2D eigenvalue weighted by Gasteiger charge is -2.30. The van der Waals surface area contributed by atoms with E-state index in [1.54, 1.807) is 0 Å². The van der Waals surface area contributed by atoms with Gasteiger partial charge in [0.05, 0.1) is 16.9 Å². The van der Waals surface area contributed by atoms with Gasteiger partial charge in [0.15, 0.2) is 0 Å². The van der Waals surface area contributed by atoms with E-state index < -0.39 is 27.8 Å². The number of carbonyl (C=O) groups is 2. The molecule has 0 aromatic carbocycles. The lowest BCUT2D eigenvalue weighted by Crippen LogP contribution is -2.62. The van der Waals surface area contributed by atoms with Gasteiger partial charge in [0.25, 0.3) is 0 Å². The normalized spacial score (nSPS) is 15.0. The minimum atomic E-state index is -2.77. The summed E-state index contributed by atoms with van der Waals surface area (Å²) < 4.78 is 4.50. The molecule has 0 aromatic rings. The summed E-state index contributed by atoms with van der Waals surface area (Å²) in [6.07, 6.45) is 0. The van der Waals surface area contributed by atoms with Crippen LogP contribution in [-0.4, -0.2) is 34.1 Å². The van der Waals surface area contributed by atoms with Gasteiger partial charge in [-0.05, 0) is 6.92 Å². The van der Waals surface area contributed by atoms with E-state index in [2.05, 4.69) is 4.74 Å². The largest absolute Gasteiger partial charge is 0.475 e. The summed E-state index contributed by atoms with van der Waals surface area (Å²) in [6, 6.07) is 0. The Labute approximate surface area is 92.5 Å². The van der Waals surface area contributed by atoms with Gasteiger partial charge in [-0.2, -0.15) is 0 Å². The van der Waals surface area contributed by atoms with Gasteiger partial charge in [0.2, 0.25) is 0 Å². The van der Waals surface area contributed by atoms with Crippen molar-refractivity contribution in [2.24, 2.45) is 5.41 Å². The number of carboxylic acids is 1. The number of hydrogen-bond donors (Lipinski definition) is 1. The van der Waals surface area contributed by atoms with Crippen molar-refractivity contribution in [2.45, 2.75) is 33.2 Å². The molecule has 0 radical (unpaired) electrons. The summed E-state index contributed by atoms with van der Waals surface area (Å²) >= 11 is 0. The van der Waals surface area contributed by atoms with E-state index in [1.165, 1.54) is 27.7 Å². The SMILES string of the molecule is CCOC(=O)C(C(=O)O)([N+](=O)[O-])C(C)(C)C. The molecule has 1 unspecified atom stereocenters. The fraction of sp³-hybridized carbons (Fsp3) is 0.778. The van der Waals surface area contributed by atoms with Crippen LogP contribution in [0.4, 0.5) is 0 Å². The molecular weight excluding hydrogens is 218 g/mol. The summed E-state index contributed by atoms with van der Waals surface area (Å²) in [5, 5.41) is 19.9. The third-order valence-corrected chi connectivity index (χ3v) is 2.24. The lowest BCUT2D eigenvalue weighted by atomic mass is 9.74. The van der Waals surface area contributed by atoms with Crippen LogP contribution >= 0.6 is 0 Å². The number of hydrogen-bond acceptors (Lipinski definition) is 5. The maximum atomic E-state index is 11.6. The molecule has 0 aliphatic rings. The highest BCUT2D eigenvalue weighted by Gasteiger charge is 2.68. The van der Waals surface area contributed by atoms with Crippen molar-refractivity contribution in [3.05, 3.63) is 10.1 Å². The highest BCUT2D eigenvalue weighted by molar-refractivity contribution is 6.03. The van der Waals surface area contributed by atoms with E-state index in [0.717, 1.165) is 0 Å². The molecule has 0 amide bonds. The highest BCUT2D eigenvalue weighted by atomic mass is 16.6. The molecule has 0 saturated carbocycles. The van der Waals surface area contributed by atoms with E-state index in [1.807, 2.05) is 0 Å². The van der Waals surface area contributed by atoms with E-state index in [9.17, 15) is 19.7 Å². The average molecular weight is 233 g/mol. The second kappa shape index (κ2) is 4.46. The molecule has 1 N–H and O–H groups in total. The van der Waals surface area contributed by atoms with Gasteiger partial charge in [-0.25, -0.2) is 9.59 Å². The standard InChI is InChI=1S/C9H15NO6/c1-5-16-7(13)9(6(11)12,10(14)15)8(2,3)4/h5H2,1-4H3,(H,11,12). The number of carboxylic acid groups (broad SMARTS) is 1. The summed E-state index contributed by atoms with van der Waals surface area (Å²) in [6.45, 7) is 5.26. The Balaban J connectivity index is 5.75. The van der Waals surface area contributed by atoms with Crippen LogP contribution in [0.25, 0.3) is 0 Å². The summed E-state index contributed by atoms with van der Waals surface area (Å²) in [7, 11) is 0. The Kier molecular flexibility index (Phi) is 4.00. The quantitative estimate of drug-likeness (QED) is 0.331. The first-order chi connectivity index (χ1) is 7.12. The molecule has 0 bridgehead atoms. The van der Waals surface area contributed by atoms with Crippen molar-refractivity contribution in [1.82, 2.24) is 0 Å². The number of esters is 1. The first-order valence-corrected chi connectivity index (χ1v) is 4.67. The molecule has 1 atom stereocenters. The molecule has 0 saturated heterocycles. The van der Waals surface area contributed by atoms with Crippen molar-refractivity contribution in [3.8, 4) is 0 Å². The van der Waals surface area contributed by atoms with Gasteiger partial charge >= 0.3 is 17.5 Å². The molecule has 0 aliphatic carbocycles. The van der Waals surface area contributed by atoms with Gasteiger partial charge in [-0.1, -0.05) is 20.8 Å². The minimum absolute atomic E-state index is 0.113. The van der Waals surface area contributed by atoms with Gasteiger partial charge < -0.3 is 9.84 Å². The smallest absolute Gasteiger partial charge is 0.414 e. The summed E-state index contributed by atoms with van der Waals surface area (Å²) in [5.41, 5.74) is -4.17. The number of nitrogens with zero attached hydrogens (tertiary/aromatic N) is 1. The van der Waals surface area contributed by atoms with E-state index in [-0.39, 0.29) is 6.61 Å². The molecule has 0 fully saturated rings. The van der Waals surface area contributed by atoms with Gasteiger partial charge in [-0.15, -0.1) is 0 Å². The van der Waals surface area contributed by atoms with E-state index in [0.29, 0.717) is 0 Å². The predicted octanol–water partition coefficient (Wildman–Crippen LogP) is 0.696. The highest BCUT2D eigenvalue weighted by Crippen LogP contribution is 2.34. The first kappa shape index (κ1) is 14.3. The Morgan fingerprint density at radius 1 is 1.38 bits per heavy atom. The van der Waals surface area contributed by atoms with Crippen molar-refractivity contribution >= 4 is 11.9 Å². The van der Waals surface area contributed by atoms with Crippen LogP contribution in [0, 0.1) is 15.5 Å². The number of carbonyl (C=O) groups excluding carboxylic acids is 1. The Bertz CT molecular complexity index is 302. The Morgan fingerprint density at radius 2 is 1.81 bits per heavy atom. The van der Waals surface area contributed by atoms with Crippen LogP contribution in [0.5, 0.6) is 0 Å². The fourth-order valence-electron chi connectivity index (χ4n) is 1.38. The summed E-state index contributed by atoms with van der Waals surface area (Å²) in [5.74, 6) is -3.16. The van der Waals surface area contributed by atoms with Gasteiger partial charge in [-0.3, -0.25) is 10.1 Å². The number of ether oxygens (including phenoxy) is 1. The van der Waals surface area contributed by atoms with Gasteiger partial charge in [0, 0.05) is 0 Å². The molecule has 16 heavy (non-hydrogen) atoms. The third-order valence-electron chi connectivity index (χ3n) is 2.24. The zero-order valence-corrected chi connectivity index (χ0v) is 9.64. The maximum absolute atomic E-state index is 11.6. The number of aliphatic carboxylic acids is 1. The topological polar surface area (TPSA) is 107 Å². The molecule has 0 heterocycles. The molecule has 0 aromatic heterocycles. The molecule has 7 nitrogen and oxygen atoms in total. The Morgan fingerprint density at radius 3 is 2.00 bits per heavy atom. The third kappa shape index (κ3) is 1.98. The van der Waals surface area contributed by atoms with Crippen LogP contribution in [0.3, 0.4) is 0 Å². The van der Waals surface area contributed by atoms with Crippen LogP contribution in [0.15, 0.2) is 0 Å². The van der Waals surface area contributed by atoms with Crippen LogP contribution in [0.2, 0.25) is 0 Å². The predicted molar refractivity (Wildman–Crippen MR) is 53.4 cm³/mol. The fourth-order valence-corrected chi connectivity index (χ4v) is 1.38. The van der Waals surface area contributed by atoms with Crippen molar-refractivity contribution < 1.29 is 24.4 Å². The van der Waals surface area contributed by atoms with Crippen LogP contribution in [0.1, 0.15) is 27.7 Å².